The third-order valence-electron chi connectivity index (χ3n) is 3.98. The van der Waals surface area contributed by atoms with E-state index in [4.69, 9.17) is 0 Å². The molecule has 1 aromatic rings. The molecule has 0 radical (unpaired) electrons. The number of hydrogen-bond donors (Lipinski definition) is 1. The van der Waals surface area contributed by atoms with E-state index in [-0.39, 0.29) is 16.7 Å². The van der Waals surface area contributed by atoms with Crippen LogP contribution in [0, 0.1) is 0 Å². The molecule has 2 rings (SSSR count). The van der Waals surface area contributed by atoms with E-state index < -0.39 is 0 Å². The highest BCUT2D eigenvalue weighted by molar-refractivity contribution is 8.00. The normalized spacial score (nSPS) is 16.5. The Morgan fingerprint density at radius 1 is 1.09 bits per heavy atom. The summed E-state index contributed by atoms with van der Waals surface area (Å²) in [6.07, 6.45) is 0. The van der Waals surface area contributed by atoms with Crippen molar-refractivity contribution in [2.75, 3.05) is 11.6 Å². The fourth-order valence-corrected chi connectivity index (χ4v) is 3.59. The van der Waals surface area contributed by atoms with E-state index in [9.17, 15) is 9.90 Å². The number of carbonyl (C=O) groups is 1. The first-order valence-electron chi connectivity index (χ1n) is 7.72. The van der Waals surface area contributed by atoms with Crippen LogP contribution in [0.5, 0.6) is 5.75 Å². The Bertz CT molecular complexity index is 547. The van der Waals surface area contributed by atoms with Gasteiger partial charge >= 0.3 is 0 Å². The largest absolute Gasteiger partial charge is 0.507 e. The molecule has 1 aliphatic rings. The second kappa shape index (κ2) is 5.80. The van der Waals surface area contributed by atoms with Gasteiger partial charge in [-0.25, -0.2) is 0 Å². The van der Waals surface area contributed by atoms with Gasteiger partial charge in [-0.15, -0.1) is 11.8 Å². The van der Waals surface area contributed by atoms with Crippen LogP contribution in [0.15, 0.2) is 12.1 Å². The first kappa shape index (κ1) is 17.2. The molecular formula is C18H27NO2S. The summed E-state index contributed by atoms with van der Waals surface area (Å²) in [5, 5.41) is 10.7. The van der Waals surface area contributed by atoms with Gasteiger partial charge in [0.1, 0.15) is 5.75 Å². The molecule has 3 nitrogen and oxygen atoms in total. The number of rotatable bonds is 2. The van der Waals surface area contributed by atoms with E-state index in [0.717, 1.165) is 22.6 Å². The molecule has 1 amide bonds. The van der Waals surface area contributed by atoms with Crippen molar-refractivity contribution < 1.29 is 9.90 Å². The first-order chi connectivity index (χ1) is 10.00. The molecule has 1 aromatic carbocycles. The molecule has 1 saturated heterocycles. The van der Waals surface area contributed by atoms with E-state index in [2.05, 4.69) is 53.7 Å². The third-order valence-corrected chi connectivity index (χ3v) is 4.93. The Balaban J connectivity index is 2.48. The van der Waals surface area contributed by atoms with Crippen molar-refractivity contribution in [2.24, 2.45) is 0 Å². The first-order valence-corrected chi connectivity index (χ1v) is 8.88. The Labute approximate surface area is 138 Å². The van der Waals surface area contributed by atoms with Gasteiger partial charge in [0.05, 0.1) is 11.6 Å². The number of phenols is 1. The Morgan fingerprint density at radius 3 is 1.95 bits per heavy atom. The highest BCUT2D eigenvalue weighted by atomic mass is 32.2. The zero-order valence-electron chi connectivity index (χ0n) is 14.5. The maximum absolute atomic E-state index is 11.9. The van der Waals surface area contributed by atoms with E-state index >= 15 is 0 Å². The molecule has 22 heavy (non-hydrogen) atoms. The fraction of sp³-hybridized carbons (Fsp3) is 0.611. The van der Waals surface area contributed by atoms with Crippen LogP contribution in [0.25, 0.3) is 0 Å². The lowest BCUT2D eigenvalue weighted by Gasteiger charge is -2.29. The maximum atomic E-state index is 11.9. The van der Waals surface area contributed by atoms with Gasteiger partial charge in [-0.2, -0.15) is 0 Å². The third kappa shape index (κ3) is 3.60. The minimum Gasteiger partial charge on any atom is -0.507 e. The molecule has 1 fully saturated rings. The summed E-state index contributed by atoms with van der Waals surface area (Å²) in [5.41, 5.74) is 2.74. The van der Waals surface area contributed by atoms with E-state index in [0.29, 0.717) is 18.0 Å². The number of nitrogens with zero attached hydrogens (tertiary/aromatic N) is 1. The number of carbonyl (C=O) groups excluding carboxylic acids is 1. The van der Waals surface area contributed by atoms with E-state index in [1.54, 1.807) is 11.8 Å². The number of aromatic hydroxyl groups is 1. The van der Waals surface area contributed by atoms with Gasteiger partial charge in [0.15, 0.2) is 0 Å². The van der Waals surface area contributed by atoms with Gasteiger partial charge < -0.3 is 10.0 Å². The lowest BCUT2D eigenvalue weighted by Crippen LogP contribution is -2.26. The summed E-state index contributed by atoms with van der Waals surface area (Å²) in [5.74, 6) is 1.93. The van der Waals surface area contributed by atoms with Crippen molar-refractivity contribution in [3.8, 4) is 5.75 Å². The van der Waals surface area contributed by atoms with Gasteiger partial charge in [-0.3, -0.25) is 4.79 Å². The highest BCUT2D eigenvalue weighted by Gasteiger charge is 2.28. The standard InChI is InChI=1S/C18H27NO2S/c1-17(2,3)13-7-12(9-19-11-22-10-15(19)20)8-14(16(13)21)18(4,5)6/h7-8,21H,9-11H2,1-6H3. The minimum atomic E-state index is -0.135. The lowest BCUT2D eigenvalue weighted by molar-refractivity contribution is -0.127. The zero-order valence-corrected chi connectivity index (χ0v) is 15.3. The van der Waals surface area contributed by atoms with Crippen LogP contribution >= 0.6 is 11.8 Å². The van der Waals surface area contributed by atoms with E-state index in [1.807, 2.05) is 4.90 Å². The van der Waals surface area contributed by atoms with Gasteiger partial charge in [0, 0.05) is 6.54 Å². The van der Waals surface area contributed by atoms with Crippen LogP contribution < -0.4 is 0 Å². The van der Waals surface area contributed by atoms with Crippen LogP contribution in [0.3, 0.4) is 0 Å². The van der Waals surface area contributed by atoms with Crippen molar-refractivity contribution in [1.29, 1.82) is 0 Å². The molecule has 0 aliphatic carbocycles. The summed E-state index contributed by atoms with van der Waals surface area (Å²) < 4.78 is 0. The average Bonchev–Trinajstić information content (AvgIpc) is 2.74. The minimum absolute atomic E-state index is 0.135. The van der Waals surface area contributed by atoms with Crippen molar-refractivity contribution in [3.63, 3.8) is 0 Å². The van der Waals surface area contributed by atoms with Crippen LogP contribution in [0.1, 0.15) is 58.2 Å². The maximum Gasteiger partial charge on any atom is 0.233 e. The van der Waals surface area contributed by atoms with Gasteiger partial charge in [-0.1, -0.05) is 41.5 Å². The second-order valence-electron chi connectivity index (χ2n) is 8.11. The summed E-state index contributed by atoms with van der Waals surface area (Å²) in [6.45, 7) is 13.3. The summed E-state index contributed by atoms with van der Waals surface area (Å²) >= 11 is 1.66. The van der Waals surface area contributed by atoms with Crippen molar-refractivity contribution in [1.82, 2.24) is 4.90 Å². The van der Waals surface area contributed by atoms with Gasteiger partial charge in [-0.05, 0) is 39.7 Å². The van der Waals surface area contributed by atoms with E-state index in [1.165, 1.54) is 0 Å². The van der Waals surface area contributed by atoms with Gasteiger partial charge in [0.25, 0.3) is 0 Å². The molecule has 1 N–H and O–H groups in total. The van der Waals surface area contributed by atoms with Crippen molar-refractivity contribution in [3.05, 3.63) is 28.8 Å². The lowest BCUT2D eigenvalue weighted by atomic mass is 9.78. The SMILES string of the molecule is CC(C)(C)c1cc(CN2CSCC2=O)cc(C(C)(C)C)c1O. The monoisotopic (exact) mass is 321 g/mol. The molecule has 0 aromatic heterocycles. The molecule has 0 saturated carbocycles. The number of amides is 1. The quantitative estimate of drug-likeness (QED) is 0.894. The second-order valence-corrected chi connectivity index (χ2v) is 9.06. The molecule has 122 valence electrons. The van der Waals surface area contributed by atoms with Crippen LogP contribution in [0.4, 0.5) is 0 Å². The highest BCUT2D eigenvalue weighted by Crippen LogP contribution is 2.40. The summed E-state index contributed by atoms with van der Waals surface area (Å²) in [6, 6.07) is 4.11. The van der Waals surface area contributed by atoms with Crippen LogP contribution in [-0.4, -0.2) is 27.5 Å². The molecule has 1 aliphatic heterocycles. The number of phenolic OH excluding ortho intramolecular Hbond substituents is 1. The van der Waals surface area contributed by atoms with Crippen molar-refractivity contribution in [2.45, 2.75) is 58.9 Å². The Kier molecular flexibility index (Phi) is 4.54. The van der Waals surface area contributed by atoms with Crippen LogP contribution in [-0.2, 0) is 22.2 Å². The molecule has 4 heteroatoms. The van der Waals surface area contributed by atoms with Crippen molar-refractivity contribution >= 4 is 17.7 Å². The summed E-state index contributed by atoms with van der Waals surface area (Å²) in [7, 11) is 0. The molecule has 0 atom stereocenters. The molecule has 0 bridgehead atoms. The average molecular weight is 321 g/mol. The number of benzene rings is 1. The topological polar surface area (TPSA) is 40.5 Å². The Morgan fingerprint density at radius 2 is 1.59 bits per heavy atom. The smallest absolute Gasteiger partial charge is 0.233 e. The fourth-order valence-electron chi connectivity index (χ4n) is 2.69. The molecule has 0 unspecified atom stereocenters. The molecule has 1 heterocycles. The summed E-state index contributed by atoms with van der Waals surface area (Å²) in [4.78, 5) is 13.7. The number of thioether (sulfide) groups is 1. The Hall–Kier alpha value is -1.16. The molecular weight excluding hydrogens is 294 g/mol. The predicted molar refractivity (Wildman–Crippen MR) is 93.4 cm³/mol. The van der Waals surface area contributed by atoms with Gasteiger partial charge in [0.2, 0.25) is 5.91 Å². The number of hydrogen-bond acceptors (Lipinski definition) is 3. The molecule has 0 spiro atoms. The zero-order chi connectivity index (χ0) is 16.7. The van der Waals surface area contributed by atoms with Crippen LogP contribution in [0.2, 0.25) is 0 Å². The predicted octanol–water partition coefficient (Wildman–Crippen LogP) is 4.02.